The number of halogens is 3. The normalized spacial score (nSPS) is 20.5. The number of alkyl halides is 3. The number of hydrogen-bond acceptors (Lipinski definition) is 4. The van der Waals surface area contributed by atoms with E-state index in [1.807, 2.05) is 0 Å². The van der Waals surface area contributed by atoms with Crippen LogP contribution in [0.15, 0.2) is 18.2 Å². The Morgan fingerprint density at radius 2 is 2.11 bits per heavy atom. The number of carbonyl (C=O) groups is 1. The van der Waals surface area contributed by atoms with E-state index in [1.165, 1.54) is 18.2 Å². The molecule has 1 heterocycles. The van der Waals surface area contributed by atoms with Gasteiger partial charge >= 0.3 is 12.3 Å². The molecule has 1 amide bonds. The second-order valence-electron chi connectivity index (χ2n) is 7.57. The number of carboxylic acid groups (broad SMARTS) is 1. The summed E-state index contributed by atoms with van der Waals surface area (Å²) in [6.07, 6.45) is -4.39. The molecule has 0 spiro atoms. The van der Waals surface area contributed by atoms with Gasteiger partial charge in [-0.3, -0.25) is 4.90 Å². The minimum absolute atomic E-state index is 0.103. The van der Waals surface area contributed by atoms with Crippen molar-refractivity contribution >= 4 is 17.5 Å². The molecule has 6 nitrogen and oxygen atoms in total. The first-order chi connectivity index (χ1) is 12.5. The molecule has 1 atom stereocenters. The van der Waals surface area contributed by atoms with Crippen molar-refractivity contribution in [2.75, 3.05) is 16.8 Å². The van der Waals surface area contributed by atoms with E-state index < -0.39 is 17.8 Å². The molecule has 0 bridgehead atoms. The fourth-order valence-corrected chi connectivity index (χ4v) is 3.20. The number of anilines is 2. The predicted octanol–water partition coefficient (Wildman–Crippen LogP) is 4.38. The van der Waals surface area contributed by atoms with Crippen molar-refractivity contribution in [3.05, 3.63) is 18.2 Å². The first kappa shape index (κ1) is 19.1. The molecule has 9 heteroatoms. The van der Waals surface area contributed by atoms with Crippen LogP contribution in [0.4, 0.5) is 29.3 Å². The molecular weight excluding hydrogens is 363 g/mol. The van der Waals surface area contributed by atoms with Crippen LogP contribution in [0.25, 0.3) is 0 Å². The molecule has 1 aromatic carbocycles. The molecule has 27 heavy (non-hydrogen) atoms. The zero-order valence-corrected chi connectivity index (χ0v) is 14.9. The number of rotatable bonds is 4. The molecule has 0 aromatic heterocycles. The number of nitrogens with one attached hydrogen (secondary N) is 1. The lowest BCUT2D eigenvalue weighted by molar-refractivity contribution is -0.175. The highest BCUT2D eigenvalue weighted by molar-refractivity contribution is 5.89. The summed E-state index contributed by atoms with van der Waals surface area (Å²) in [6.45, 7) is 2.03. The van der Waals surface area contributed by atoms with Gasteiger partial charge in [-0.15, -0.1) is 0 Å². The molecule has 0 saturated heterocycles. The fraction of sp³-hybridized carbons (Fsp3) is 0.556. The van der Waals surface area contributed by atoms with Gasteiger partial charge in [-0.1, -0.05) is 0 Å². The van der Waals surface area contributed by atoms with Crippen LogP contribution >= 0.6 is 0 Å². The molecule has 2 aliphatic rings. The summed E-state index contributed by atoms with van der Waals surface area (Å²) >= 11 is 0. The van der Waals surface area contributed by atoms with E-state index in [0.29, 0.717) is 29.3 Å². The average Bonchev–Trinajstić information content (AvgIpc) is 3.33. The van der Waals surface area contributed by atoms with Crippen molar-refractivity contribution in [1.29, 1.82) is 5.26 Å². The van der Waals surface area contributed by atoms with E-state index in [-0.39, 0.29) is 17.2 Å². The van der Waals surface area contributed by atoms with Crippen LogP contribution in [0.2, 0.25) is 0 Å². The average molecular weight is 383 g/mol. The van der Waals surface area contributed by atoms with Crippen LogP contribution in [-0.2, 0) is 0 Å². The molecule has 3 rings (SSSR count). The van der Waals surface area contributed by atoms with E-state index in [4.69, 9.17) is 4.74 Å². The highest BCUT2D eigenvalue weighted by atomic mass is 19.4. The number of ether oxygens (including phenoxy) is 1. The third-order valence-electron chi connectivity index (χ3n) is 5.19. The van der Waals surface area contributed by atoms with Crippen LogP contribution in [0, 0.1) is 16.7 Å². The number of fused-ring (bicyclic) bond motifs is 1. The van der Waals surface area contributed by atoms with Gasteiger partial charge in [0.25, 0.3) is 0 Å². The van der Waals surface area contributed by atoms with Gasteiger partial charge in [0, 0.05) is 6.42 Å². The molecule has 1 saturated carbocycles. The van der Waals surface area contributed by atoms with Crippen molar-refractivity contribution < 1.29 is 27.8 Å². The smallest absolute Gasteiger partial charge is 0.412 e. The minimum atomic E-state index is -4.74. The lowest BCUT2D eigenvalue weighted by Crippen LogP contribution is -2.57. The monoisotopic (exact) mass is 383 g/mol. The lowest BCUT2D eigenvalue weighted by atomic mass is 9.99. The van der Waals surface area contributed by atoms with E-state index >= 15 is 0 Å². The highest BCUT2D eigenvalue weighted by Gasteiger charge is 2.54. The second kappa shape index (κ2) is 6.22. The van der Waals surface area contributed by atoms with Crippen molar-refractivity contribution in [3.8, 4) is 11.8 Å². The number of nitriles is 1. The van der Waals surface area contributed by atoms with Gasteiger partial charge in [-0.2, -0.15) is 18.4 Å². The number of nitrogens with zero attached hydrogens (tertiary/aromatic N) is 2. The van der Waals surface area contributed by atoms with Crippen molar-refractivity contribution in [2.45, 2.75) is 50.9 Å². The second-order valence-corrected chi connectivity index (χ2v) is 7.57. The summed E-state index contributed by atoms with van der Waals surface area (Å²) in [5.41, 5.74) is -2.61. The quantitative estimate of drug-likeness (QED) is 0.806. The van der Waals surface area contributed by atoms with Gasteiger partial charge < -0.3 is 15.2 Å². The molecule has 1 fully saturated rings. The summed E-state index contributed by atoms with van der Waals surface area (Å²) in [7, 11) is 0. The maximum atomic E-state index is 13.3. The van der Waals surface area contributed by atoms with Crippen molar-refractivity contribution in [3.63, 3.8) is 0 Å². The summed E-state index contributed by atoms with van der Waals surface area (Å²) in [5.74, 6) is 0.430. The third kappa shape index (κ3) is 3.48. The third-order valence-corrected chi connectivity index (χ3v) is 5.19. The molecule has 146 valence electrons. The van der Waals surface area contributed by atoms with Gasteiger partial charge in [-0.05, 0) is 44.9 Å². The first-order valence-corrected chi connectivity index (χ1v) is 8.55. The Morgan fingerprint density at radius 1 is 1.44 bits per heavy atom. The van der Waals surface area contributed by atoms with E-state index in [2.05, 4.69) is 11.4 Å². The lowest BCUT2D eigenvalue weighted by Gasteiger charge is -2.38. The fourth-order valence-electron chi connectivity index (χ4n) is 3.20. The van der Waals surface area contributed by atoms with Gasteiger partial charge in [0.05, 0.1) is 29.4 Å². The Kier molecular flexibility index (Phi) is 4.41. The van der Waals surface area contributed by atoms with Crippen molar-refractivity contribution in [2.24, 2.45) is 5.41 Å². The van der Waals surface area contributed by atoms with Crippen LogP contribution in [0.3, 0.4) is 0 Å². The topological polar surface area (TPSA) is 85.6 Å². The van der Waals surface area contributed by atoms with Crippen LogP contribution in [-0.4, -0.2) is 35.6 Å². The van der Waals surface area contributed by atoms with E-state index in [9.17, 15) is 28.3 Å². The van der Waals surface area contributed by atoms with E-state index in [0.717, 1.165) is 26.7 Å². The maximum absolute atomic E-state index is 13.3. The Bertz CT molecular complexity index is 797. The summed E-state index contributed by atoms with van der Waals surface area (Å²) in [6, 6.07) is 6.39. The predicted molar refractivity (Wildman–Crippen MR) is 91.9 cm³/mol. The Balaban J connectivity index is 1.84. The Hall–Kier alpha value is -2.63. The van der Waals surface area contributed by atoms with Crippen molar-refractivity contribution in [1.82, 2.24) is 0 Å². The van der Waals surface area contributed by atoms with Crippen LogP contribution < -0.4 is 15.0 Å². The molecule has 2 N–H and O–H groups in total. The van der Waals surface area contributed by atoms with Crippen LogP contribution in [0.5, 0.6) is 5.75 Å². The standard InChI is InChI=1S/C18H20F3N3O3/c1-16(2,18(19,20)21)24(15(25)26)11-3-4-14-13(7-11)23-9-12(27-14)8-17(10-22)5-6-17/h3-4,7,12,23H,5-6,8-9H2,1-2H3,(H,25,26)/t12-/m0/s1. The number of benzene rings is 1. The first-order valence-electron chi connectivity index (χ1n) is 8.55. The summed E-state index contributed by atoms with van der Waals surface area (Å²) < 4.78 is 45.9. The molecule has 0 unspecified atom stereocenters. The van der Waals surface area contributed by atoms with Gasteiger partial charge in [0.2, 0.25) is 0 Å². The maximum Gasteiger partial charge on any atom is 0.412 e. The number of amides is 1. The molecule has 1 aromatic rings. The summed E-state index contributed by atoms with van der Waals surface area (Å²) in [5, 5.41) is 21.6. The highest BCUT2D eigenvalue weighted by Crippen LogP contribution is 2.50. The Labute approximate surface area is 154 Å². The van der Waals surface area contributed by atoms with Gasteiger partial charge in [-0.25, -0.2) is 4.79 Å². The molecule has 1 aliphatic carbocycles. The minimum Gasteiger partial charge on any atom is -0.486 e. The Morgan fingerprint density at radius 3 is 2.63 bits per heavy atom. The largest absolute Gasteiger partial charge is 0.486 e. The zero-order valence-electron chi connectivity index (χ0n) is 14.9. The summed E-state index contributed by atoms with van der Waals surface area (Å²) in [4.78, 5) is 11.9. The van der Waals surface area contributed by atoms with Gasteiger partial charge in [0.1, 0.15) is 17.4 Å². The van der Waals surface area contributed by atoms with E-state index in [1.54, 1.807) is 0 Å². The molecule has 0 radical (unpaired) electrons. The number of hydrogen-bond donors (Lipinski definition) is 2. The molecular formula is C18H20F3N3O3. The van der Waals surface area contributed by atoms with Crippen LogP contribution in [0.1, 0.15) is 33.1 Å². The van der Waals surface area contributed by atoms with Gasteiger partial charge in [0.15, 0.2) is 0 Å². The zero-order chi connectivity index (χ0) is 20.0. The molecule has 1 aliphatic heterocycles. The SMILES string of the molecule is CC(C)(N(C(=O)O)c1ccc2c(c1)NC[C@H](CC1(C#N)CC1)O2)C(F)(F)F.